The number of alkyl halides is 3. The Morgan fingerprint density at radius 3 is 2.44 bits per heavy atom. The Labute approximate surface area is 103 Å². The van der Waals surface area contributed by atoms with Gasteiger partial charge in [0, 0.05) is 6.54 Å². The van der Waals surface area contributed by atoms with Crippen molar-refractivity contribution >= 4 is 5.97 Å². The van der Waals surface area contributed by atoms with Crippen LogP contribution in [0.25, 0.3) is 0 Å². The van der Waals surface area contributed by atoms with Crippen LogP contribution in [-0.2, 0) is 16.1 Å². The average molecular weight is 261 g/mol. The van der Waals surface area contributed by atoms with Gasteiger partial charge >= 0.3 is 12.1 Å². The number of hydrogen-bond acceptors (Lipinski definition) is 3. The maximum Gasteiger partial charge on any atom is 0.404 e. The van der Waals surface area contributed by atoms with Gasteiger partial charge in [-0.1, -0.05) is 30.3 Å². The van der Waals surface area contributed by atoms with E-state index in [-0.39, 0.29) is 6.54 Å². The molecule has 0 aliphatic rings. The van der Waals surface area contributed by atoms with E-state index in [1.54, 1.807) is 30.3 Å². The highest BCUT2D eigenvalue weighted by Crippen LogP contribution is 2.23. The summed E-state index contributed by atoms with van der Waals surface area (Å²) >= 11 is 0. The minimum absolute atomic E-state index is 0.0437. The smallest absolute Gasteiger partial charge is 0.404 e. The number of esters is 1. The highest BCUT2D eigenvalue weighted by molar-refractivity contribution is 5.70. The van der Waals surface area contributed by atoms with E-state index >= 15 is 0 Å². The Kier molecular flexibility index (Phi) is 5.15. The van der Waals surface area contributed by atoms with Gasteiger partial charge in [-0.05, 0) is 5.56 Å². The number of halogens is 3. The molecule has 0 amide bonds. The number of hydrogen-bond donors (Lipinski definition) is 1. The van der Waals surface area contributed by atoms with Gasteiger partial charge in [-0.15, -0.1) is 0 Å². The van der Waals surface area contributed by atoms with Crippen LogP contribution in [0.2, 0.25) is 0 Å². The summed E-state index contributed by atoms with van der Waals surface area (Å²) < 4.78 is 42.2. The van der Waals surface area contributed by atoms with E-state index in [0.717, 1.165) is 12.7 Å². The van der Waals surface area contributed by atoms with Crippen molar-refractivity contribution in [2.45, 2.75) is 25.2 Å². The van der Waals surface area contributed by atoms with Gasteiger partial charge in [0.2, 0.25) is 0 Å². The summed E-state index contributed by atoms with van der Waals surface area (Å²) in [5.41, 5.74) is 0.719. The van der Waals surface area contributed by atoms with Crippen molar-refractivity contribution in [3.8, 4) is 0 Å². The molecule has 3 nitrogen and oxygen atoms in total. The quantitative estimate of drug-likeness (QED) is 0.826. The number of nitrogens with one attached hydrogen (secondary N) is 1. The third-order valence-corrected chi connectivity index (χ3v) is 2.39. The third-order valence-electron chi connectivity index (χ3n) is 2.39. The number of rotatable bonds is 5. The van der Waals surface area contributed by atoms with E-state index in [4.69, 9.17) is 0 Å². The molecule has 18 heavy (non-hydrogen) atoms. The second-order valence-corrected chi connectivity index (χ2v) is 3.74. The first kappa shape index (κ1) is 14.5. The minimum atomic E-state index is -4.48. The van der Waals surface area contributed by atoms with Gasteiger partial charge in [0.25, 0.3) is 0 Å². The molecule has 0 bridgehead atoms. The lowest BCUT2D eigenvalue weighted by Gasteiger charge is -2.20. The topological polar surface area (TPSA) is 38.3 Å². The molecular weight excluding hydrogens is 247 g/mol. The molecule has 0 saturated carbocycles. The van der Waals surface area contributed by atoms with E-state index in [9.17, 15) is 18.0 Å². The molecule has 0 aliphatic carbocycles. The van der Waals surface area contributed by atoms with Crippen LogP contribution in [0.4, 0.5) is 13.2 Å². The van der Waals surface area contributed by atoms with Crippen LogP contribution in [0.15, 0.2) is 30.3 Å². The van der Waals surface area contributed by atoms with Crippen molar-refractivity contribution < 1.29 is 22.7 Å². The Hall–Kier alpha value is -1.56. The normalized spacial score (nSPS) is 13.1. The summed E-state index contributed by atoms with van der Waals surface area (Å²) in [6.45, 7) is 0.0437. The van der Waals surface area contributed by atoms with Gasteiger partial charge in [0.1, 0.15) is 6.04 Å². The first-order valence-electron chi connectivity index (χ1n) is 5.34. The molecule has 0 saturated heterocycles. The predicted octanol–water partition coefficient (Wildman–Crippen LogP) is 2.27. The fourth-order valence-corrected chi connectivity index (χ4v) is 1.39. The lowest BCUT2D eigenvalue weighted by atomic mass is 10.1. The van der Waals surface area contributed by atoms with Crippen molar-refractivity contribution in [3.63, 3.8) is 0 Å². The van der Waals surface area contributed by atoms with Crippen molar-refractivity contribution in [3.05, 3.63) is 35.9 Å². The number of methoxy groups -OCH3 is 1. The molecule has 1 N–H and O–H groups in total. The summed E-state index contributed by atoms with van der Waals surface area (Å²) in [5, 5.41) is 2.32. The lowest BCUT2D eigenvalue weighted by Crippen LogP contribution is -2.43. The Morgan fingerprint density at radius 1 is 1.33 bits per heavy atom. The second-order valence-electron chi connectivity index (χ2n) is 3.74. The van der Waals surface area contributed by atoms with Gasteiger partial charge in [0.05, 0.1) is 13.5 Å². The zero-order chi connectivity index (χ0) is 13.6. The molecular formula is C12H14F3NO2. The van der Waals surface area contributed by atoms with E-state index in [0.29, 0.717) is 0 Å². The van der Waals surface area contributed by atoms with Crippen LogP contribution in [0.3, 0.4) is 0 Å². The highest BCUT2D eigenvalue weighted by atomic mass is 19.4. The number of carbonyl (C=O) groups excluding carboxylic acids is 1. The van der Waals surface area contributed by atoms with Crippen LogP contribution in [-0.4, -0.2) is 25.3 Å². The Balaban J connectivity index is 2.59. The van der Waals surface area contributed by atoms with Crippen molar-refractivity contribution in [2.24, 2.45) is 0 Å². The molecule has 0 aliphatic heterocycles. The maximum atomic E-state index is 12.6. The third kappa shape index (κ3) is 4.75. The second kappa shape index (κ2) is 6.39. The van der Waals surface area contributed by atoms with Crippen LogP contribution in [0.5, 0.6) is 0 Å². The van der Waals surface area contributed by atoms with Gasteiger partial charge in [-0.25, -0.2) is 0 Å². The summed E-state index contributed by atoms with van der Waals surface area (Å²) in [6.07, 6.45) is -5.21. The fourth-order valence-electron chi connectivity index (χ4n) is 1.39. The number of ether oxygens (including phenoxy) is 1. The number of benzene rings is 1. The lowest BCUT2D eigenvalue weighted by molar-refractivity contribution is -0.168. The monoisotopic (exact) mass is 261 g/mol. The first-order valence-corrected chi connectivity index (χ1v) is 5.34. The summed E-state index contributed by atoms with van der Waals surface area (Å²) in [6, 6.07) is 6.76. The molecule has 100 valence electrons. The molecule has 0 fully saturated rings. The minimum Gasteiger partial charge on any atom is -0.469 e. The molecule has 0 heterocycles. The standard InChI is InChI=1S/C12H14F3NO2/c1-18-11(17)7-10(12(13,14)15)16-8-9-5-3-2-4-6-9/h2-6,10,16H,7-8H2,1H3. The van der Waals surface area contributed by atoms with Crippen LogP contribution in [0.1, 0.15) is 12.0 Å². The van der Waals surface area contributed by atoms with Crippen molar-refractivity contribution in [1.29, 1.82) is 0 Å². The summed E-state index contributed by atoms with van der Waals surface area (Å²) in [5.74, 6) is -0.891. The van der Waals surface area contributed by atoms with Crippen LogP contribution < -0.4 is 5.32 Å². The van der Waals surface area contributed by atoms with Gasteiger partial charge in [0.15, 0.2) is 0 Å². The molecule has 1 aromatic rings. The maximum absolute atomic E-state index is 12.6. The van der Waals surface area contributed by atoms with Crippen molar-refractivity contribution in [2.75, 3.05) is 7.11 Å². The van der Waals surface area contributed by atoms with Crippen LogP contribution >= 0.6 is 0 Å². The molecule has 1 aromatic carbocycles. The molecule has 0 aromatic heterocycles. The molecule has 0 spiro atoms. The van der Waals surface area contributed by atoms with E-state index in [1.165, 1.54) is 0 Å². The molecule has 6 heteroatoms. The Bertz CT molecular complexity index is 379. The molecule has 0 radical (unpaired) electrons. The van der Waals surface area contributed by atoms with Crippen molar-refractivity contribution in [1.82, 2.24) is 5.32 Å². The zero-order valence-corrected chi connectivity index (χ0v) is 9.83. The highest BCUT2D eigenvalue weighted by Gasteiger charge is 2.40. The largest absolute Gasteiger partial charge is 0.469 e. The van der Waals surface area contributed by atoms with Gasteiger partial charge in [-0.2, -0.15) is 13.2 Å². The average Bonchev–Trinajstić information content (AvgIpc) is 2.34. The zero-order valence-electron chi connectivity index (χ0n) is 9.83. The molecule has 1 rings (SSSR count). The molecule has 1 atom stereocenters. The molecule has 1 unspecified atom stereocenters. The van der Waals surface area contributed by atoms with Gasteiger partial charge in [-0.3, -0.25) is 4.79 Å². The summed E-state index contributed by atoms with van der Waals surface area (Å²) in [7, 11) is 1.06. The summed E-state index contributed by atoms with van der Waals surface area (Å²) in [4.78, 5) is 10.9. The predicted molar refractivity (Wildman–Crippen MR) is 59.8 cm³/mol. The van der Waals surface area contributed by atoms with Crippen LogP contribution in [0, 0.1) is 0 Å². The first-order chi connectivity index (χ1) is 8.43. The SMILES string of the molecule is COC(=O)CC(NCc1ccccc1)C(F)(F)F. The van der Waals surface area contributed by atoms with E-state index < -0.39 is 24.6 Å². The van der Waals surface area contributed by atoms with E-state index in [2.05, 4.69) is 10.1 Å². The fraction of sp³-hybridized carbons (Fsp3) is 0.417. The van der Waals surface area contributed by atoms with E-state index in [1.807, 2.05) is 0 Å². The van der Waals surface area contributed by atoms with Gasteiger partial charge < -0.3 is 10.1 Å². The Morgan fingerprint density at radius 2 is 1.94 bits per heavy atom. The number of carbonyl (C=O) groups is 1.